The van der Waals surface area contributed by atoms with Gasteiger partial charge in [0.1, 0.15) is 5.01 Å². The van der Waals surface area contributed by atoms with Crippen molar-refractivity contribution in [3.63, 3.8) is 0 Å². The van der Waals surface area contributed by atoms with E-state index >= 15 is 0 Å². The standard InChI is InChI=1S/C12H22N4OS/c1-4-5-6-7-10-15-16-12(18-10)14-11(17)9(2)8-13-3/h9,13H,4-8H2,1-3H3,(H,14,16,17). The molecule has 0 radical (unpaired) electrons. The molecule has 6 heteroatoms. The molecule has 1 atom stereocenters. The molecule has 0 saturated heterocycles. The molecule has 0 aliphatic carbocycles. The number of rotatable bonds is 8. The van der Waals surface area contributed by atoms with Gasteiger partial charge in [-0.1, -0.05) is 38.0 Å². The lowest BCUT2D eigenvalue weighted by atomic mass is 10.2. The van der Waals surface area contributed by atoms with Crippen LogP contribution < -0.4 is 10.6 Å². The average Bonchev–Trinajstić information content (AvgIpc) is 2.77. The van der Waals surface area contributed by atoms with E-state index in [1.165, 1.54) is 24.2 Å². The Morgan fingerprint density at radius 3 is 2.83 bits per heavy atom. The molecule has 5 nitrogen and oxygen atoms in total. The van der Waals surface area contributed by atoms with Crippen LogP contribution in [-0.2, 0) is 11.2 Å². The highest BCUT2D eigenvalue weighted by Crippen LogP contribution is 2.18. The summed E-state index contributed by atoms with van der Waals surface area (Å²) >= 11 is 1.47. The molecule has 1 amide bonds. The second-order valence-corrected chi connectivity index (χ2v) is 5.47. The lowest BCUT2D eigenvalue weighted by Gasteiger charge is -2.08. The van der Waals surface area contributed by atoms with Crippen molar-refractivity contribution >= 4 is 22.4 Å². The molecule has 0 saturated carbocycles. The van der Waals surface area contributed by atoms with E-state index in [1.807, 2.05) is 14.0 Å². The second-order valence-electron chi connectivity index (χ2n) is 4.41. The van der Waals surface area contributed by atoms with E-state index in [4.69, 9.17) is 0 Å². The summed E-state index contributed by atoms with van der Waals surface area (Å²) in [7, 11) is 1.83. The summed E-state index contributed by atoms with van der Waals surface area (Å²) in [5.41, 5.74) is 0. The monoisotopic (exact) mass is 270 g/mol. The van der Waals surface area contributed by atoms with Gasteiger partial charge in [-0.3, -0.25) is 4.79 Å². The Labute approximate surface area is 112 Å². The number of nitrogens with one attached hydrogen (secondary N) is 2. The number of unbranched alkanes of at least 4 members (excludes halogenated alkanes) is 2. The van der Waals surface area contributed by atoms with Gasteiger partial charge in [0.25, 0.3) is 0 Å². The first-order valence-corrected chi connectivity index (χ1v) is 7.26. The van der Waals surface area contributed by atoms with Gasteiger partial charge in [0.15, 0.2) is 0 Å². The molecule has 1 heterocycles. The number of aromatic nitrogens is 2. The maximum Gasteiger partial charge on any atom is 0.230 e. The number of aryl methyl sites for hydroxylation is 1. The number of hydrogen-bond donors (Lipinski definition) is 2. The van der Waals surface area contributed by atoms with Gasteiger partial charge in [-0.15, -0.1) is 10.2 Å². The molecule has 0 spiro atoms. The van der Waals surface area contributed by atoms with Crippen molar-refractivity contribution in [1.82, 2.24) is 15.5 Å². The molecule has 0 aliphatic heterocycles. The third-order valence-corrected chi connectivity index (χ3v) is 3.55. The fourth-order valence-corrected chi connectivity index (χ4v) is 2.34. The molecular weight excluding hydrogens is 248 g/mol. The molecule has 0 fully saturated rings. The molecule has 1 rings (SSSR count). The minimum absolute atomic E-state index is 0.0133. The van der Waals surface area contributed by atoms with Crippen LogP contribution in [0, 0.1) is 5.92 Å². The van der Waals surface area contributed by atoms with E-state index < -0.39 is 0 Å². The lowest BCUT2D eigenvalue weighted by Crippen LogP contribution is -2.28. The van der Waals surface area contributed by atoms with E-state index in [2.05, 4.69) is 27.8 Å². The van der Waals surface area contributed by atoms with E-state index in [-0.39, 0.29) is 11.8 Å². The predicted octanol–water partition coefficient (Wildman–Crippen LogP) is 2.06. The number of amides is 1. The van der Waals surface area contributed by atoms with Gasteiger partial charge in [-0.05, 0) is 13.5 Å². The van der Waals surface area contributed by atoms with Crippen LogP contribution in [0.3, 0.4) is 0 Å². The molecule has 18 heavy (non-hydrogen) atoms. The van der Waals surface area contributed by atoms with Crippen molar-refractivity contribution in [2.24, 2.45) is 5.92 Å². The van der Waals surface area contributed by atoms with E-state index in [1.54, 1.807) is 0 Å². The normalized spacial score (nSPS) is 12.4. The van der Waals surface area contributed by atoms with Crippen molar-refractivity contribution in [1.29, 1.82) is 0 Å². The van der Waals surface area contributed by atoms with Crippen molar-refractivity contribution in [3.05, 3.63) is 5.01 Å². The largest absolute Gasteiger partial charge is 0.319 e. The molecule has 2 N–H and O–H groups in total. The molecule has 1 unspecified atom stereocenters. The smallest absolute Gasteiger partial charge is 0.230 e. The molecule has 1 aromatic rings. The first-order chi connectivity index (χ1) is 8.67. The van der Waals surface area contributed by atoms with Crippen molar-refractivity contribution in [3.8, 4) is 0 Å². The van der Waals surface area contributed by atoms with Crippen molar-refractivity contribution < 1.29 is 4.79 Å². The summed E-state index contributed by atoms with van der Waals surface area (Å²) in [5.74, 6) is -0.0805. The minimum atomic E-state index is -0.0672. The predicted molar refractivity (Wildman–Crippen MR) is 74.9 cm³/mol. The van der Waals surface area contributed by atoms with Crippen LogP contribution in [0.1, 0.15) is 38.1 Å². The van der Waals surface area contributed by atoms with E-state index in [0.717, 1.165) is 17.8 Å². The van der Waals surface area contributed by atoms with Crippen LogP contribution in [0.25, 0.3) is 0 Å². The Hall–Kier alpha value is -1.01. The fourth-order valence-electron chi connectivity index (χ4n) is 1.56. The van der Waals surface area contributed by atoms with Gasteiger partial charge in [0, 0.05) is 18.9 Å². The Kier molecular flexibility index (Phi) is 6.82. The summed E-state index contributed by atoms with van der Waals surface area (Å²) in [6.45, 7) is 4.72. The van der Waals surface area contributed by atoms with Gasteiger partial charge in [-0.2, -0.15) is 0 Å². The fraction of sp³-hybridized carbons (Fsp3) is 0.750. The zero-order chi connectivity index (χ0) is 13.4. The molecule has 102 valence electrons. The van der Waals surface area contributed by atoms with Crippen LogP contribution in [0.2, 0.25) is 0 Å². The number of anilines is 1. The van der Waals surface area contributed by atoms with Crippen LogP contribution in [-0.4, -0.2) is 29.7 Å². The van der Waals surface area contributed by atoms with Gasteiger partial charge in [0.05, 0.1) is 0 Å². The zero-order valence-electron chi connectivity index (χ0n) is 11.3. The Morgan fingerprint density at radius 2 is 2.17 bits per heavy atom. The molecule has 0 aliphatic rings. The molecule has 1 aromatic heterocycles. The highest BCUT2D eigenvalue weighted by atomic mass is 32.1. The molecular formula is C12H22N4OS. The van der Waals surface area contributed by atoms with E-state index in [9.17, 15) is 4.79 Å². The van der Waals surface area contributed by atoms with Crippen LogP contribution in [0.5, 0.6) is 0 Å². The first kappa shape index (κ1) is 15.0. The Morgan fingerprint density at radius 1 is 1.39 bits per heavy atom. The third-order valence-electron chi connectivity index (χ3n) is 2.65. The number of carbonyl (C=O) groups is 1. The highest BCUT2D eigenvalue weighted by Gasteiger charge is 2.14. The number of carbonyl (C=O) groups excluding carboxylic acids is 1. The summed E-state index contributed by atoms with van der Waals surface area (Å²) in [6, 6.07) is 0. The summed E-state index contributed by atoms with van der Waals surface area (Å²) in [6.07, 6.45) is 4.49. The van der Waals surface area contributed by atoms with Gasteiger partial charge in [0.2, 0.25) is 11.0 Å². The van der Waals surface area contributed by atoms with Crippen LogP contribution in [0.15, 0.2) is 0 Å². The minimum Gasteiger partial charge on any atom is -0.319 e. The van der Waals surface area contributed by atoms with Crippen LogP contribution in [0.4, 0.5) is 5.13 Å². The first-order valence-electron chi connectivity index (χ1n) is 6.45. The van der Waals surface area contributed by atoms with Gasteiger partial charge < -0.3 is 10.6 Å². The maximum atomic E-state index is 11.8. The topological polar surface area (TPSA) is 66.9 Å². The quantitative estimate of drug-likeness (QED) is 0.710. The number of hydrogen-bond acceptors (Lipinski definition) is 5. The summed E-state index contributed by atoms with van der Waals surface area (Å²) in [5, 5.41) is 15.5. The third kappa shape index (κ3) is 5.10. The summed E-state index contributed by atoms with van der Waals surface area (Å²) in [4.78, 5) is 11.8. The SMILES string of the molecule is CCCCCc1nnc(NC(=O)C(C)CNC)s1. The van der Waals surface area contributed by atoms with Crippen molar-refractivity contribution in [2.45, 2.75) is 39.5 Å². The molecule has 0 aromatic carbocycles. The zero-order valence-corrected chi connectivity index (χ0v) is 12.1. The second kappa shape index (κ2) is 8.16. The van der Waals surface area contributed by atoms with E-state index in [0.29, 0.717) is 11.7 Å². The van der Waals surface area contributed by atoms with Gasteiger partial charge >= 0.3 is 0 Å². The average molecular weight is 270 g/mol. The van der Waals surface area contributed by atoms with Crippen LogP contribution >= 0.6 is 11.3 Å². The summed E-state index contributed by atoms with van der Waals surface area (Å²) < 4.78 is 0. The van der Waals surface area contributed by atoms with Gasteiger partial charge in [-0.25, -0.2) is 0 Å². The highest BCUT2D eigenvalue weighted by molar-refractivity contribution is 7.15. The molecule has 0 bridgehead atoms. The maximum absolute atomic E-state index is 11.8. The Bertz CT molecular complexity index is 367. The van der Waals surface area contributed by atoms with Crippen molar-refractivity contribution in [2.75, 3.05) is 18.9 Å². The lowest BCUT2D eigenvalue weighted by molar-refractivity contribution is -0.119. The number of nitrogens with zero attached hydrogens (tertiary/aromatic N) is 2. The Balaban J connectivity index is 2.41.